The van der Waals surface area contributed by atoms with Crippen LogP contribution in [0, 0.1) is 0 Å². The number of hydrogen-bond acceptors (Lipinski definition) is 5. The first-order valence-corrected chi connectivity index (χ1v) is 10.3. The van der Waals surface area contributed by atoms with Gasteiger partial charge in [0.05, 0.1) is 25.4 Å². The van der Waals surface area contributed by atoms with Crippen molar-refractivity contribution in [2.75, 3.05) is 0 Å². The Morgan fingerprint density at radius 3 is 1.39 bits per heavy atom. The van der Waals surface area contributed by atoms with Crippen molar-refractivity contribution >= 4 is 43.5 Å². The Balaban J connectivity index is 0.00000280. The zero-order valence-corrected chi connectivity index (χ0v) is 21.2. The summed E-state index contributed by atoms with van der Waals surface area (Å²) in [6.07, 6.45) is 3.28. The van der Waals surface area contributed by atoms with Gasteiger partial charge in [-0.15, -0.1) is 0 Å². The third kappa shape index (κ3) is 4.56. The molecule has 0 amide bonds. The summed E-state index contributed by atoms with van der Waals surface area (Å²) in [5.41, 5.74) is 2.37. The summed E-state index contributed by atoms with van der Waals surface area (Å²) in [6.45, 7) is 12.4. The molecule has 3 rings (SSSR count). The van der Waals surface area contributed by atoms with Gasteiger partial charge in [-0.25, -0.2) is 15.0 Å². The molecule has 0 aliphatic rings. The number of halogens is 3. The normalized spacial score (nSPS) is 12.2. The van der Waals surface area contributed by atoms with Crippen molar-refractivity contribution in [2.24, 2.45) is 0 Å². The van der Waals surface area contributed by atoms with Crippen LogP contribution in [-0.4, -0.2) is 15.0 Å². The maximum atomic E-state index is 6.51. The molecule has 0 fully saturated rings. The van der Waals surface area contributed by atoms with Gasteiger partial charge >= 0.3 is 0 Å². The molecule has 1 radical (unpaired) electrons. The van der Waals surface area contributed by atoms with Gasteiger partial charge in [0, 0.05) is 27.6 Å². The third-order valence-corrected chi connectivity index (χ3v) is 6.35. The molecule has 153 valence electrons. The van der Waals surface area contributed by atoms with Crippen LogP contribution in [0.1, 0.15) is 52.9 Å². The van der Waals surface area contributed by atoms with E-state index in [9.17, 15) is 0 Å². The summed E-state index contributed by atoms with van der Waals surface area (Å²) in [5.74, 6) is 0.759. The fraction of sp³-hybridized carbons (Fsp3) is 0.421. The number of nitrogens with zero attached hydrogens (tertiary/aromatic N) is 3. The monoisotopic (exact) mass is 574 g/mol. The van der Waals surface area contributed by atoms with Crippen LogP contribution >= 0.6 is 43.5 Å². The number of oxazole rings is 2. The van der Waals surface area contributed by atoms with Gasteiger partial charge in [0.1, 0.15) is 23.9 Å². The molecule has 28 heavy (non-hydrogen) atoms. The van der Waals surface area contributed by atoms with E-state index in [1.54, 1.807) is 12.5 Å². The fourth-order valence-corrected chi connectivity index (χ4v) is 3.61. The minimum Gasteiger partial charge on any atom is -0.443 e. The molecule has 3 aromatic heterocycles. The third-order valence-electron chi connectivity index (χ3n) is 3.98. The maximum Gasteiger partial charge on any atom is 0.246 e. The van der Waals surface area contributed by atoms with Crippen LogP contribution in [0.4, 0.5) is 0 Å². The number of aromatic nitrogens is 3. The van der Waals surface area contributed by atoms with Crippen LogP contribution in [-0.2, 0) is 27.6 Å². The van der Waals surface area contributed by atoms with Crippen LogP contribution < -0.4 is 0 Å². The van der Waals surface area contributed by atoms with Gasteiger partial charge in [0.25, 0.3) is 0 Å². The van der Waals surface area contributed by atoms with E-state index in [0.29, 0.717) is 37.1 Å². The molecular weight excluding hydrogens is 556 g/mol. The summed E-state index contributed by atoms with van der Waals surface area (Å²) in [7, 11) is 0. The second kappa shape index (κ2) is 8.22. The van der Waals surface area contributed by atoms with Crippen LogP contribution in [0.2, 0.25) is 5.02 Å². The average Bonchev–Trinajstić information content (AvgIpc) is 3.21. The Labute approximate surface area is 196 Å². The number of pyridine rings is 1. The molecule has 0 aromatic carbocycles. The van der Waals surface area contributed by atoms with E-state index in [-0.39, 0.29) is 27.6 Å². The fourth-order valence-electron chi connectivity index (χ4n) is 2.25. The van der Waals surface area contributed by atoms with E-state index in [2.05, 4.69) is 88.4 Å². The zero-order valence-electron chi connectivity index (χ0n) is 16.3. The van der Waals surface area contributed by atoms with Crippen LogP contribution in [0.3, 0.4) is 0 Å². The smallest absolute Gasteiger partial charge is 0.246 e. The predicted octanol–water partition coefficient (Wildman–Crippen LogP) is 7.16. The molecular formula is C19H20Br2ClCoN3O2. The maximum absolute atomic E-state index is 6.51. The molecule has 0 aliphatic heterocycles. The molecule has 0 aliphatic carbocycles. The van der Waals surface area contributed by atoms with Crippen molar-refractivity contribution in [1.29, 1.82) is 0 Å². The van der Waals surface area contributed by atoms with Crippen molar-refractivity contribution in [3.05, 3.63) is 37.9 Å². The standard InChI is InChI=1S/C19H20Br2ClN3O2.Co/c1-18(2,3)9-7-26-16(23-9)14-11(20)13(22)12(21)15(25-14)17-24-10(8-27-17)19(4,5)6;/h7-8H,1-6H3;. The van der Waals surface area contributed by atoms with Crippen LogP contribution in [0.5, 0.6) is 0 Å². The molecule has 0 saturated heterocycles. The molecule has 9 heteroatoms. The predicted molar refractivity (Wildman–Crippen MR) is 113 cm³/mol. The minimum atomic E-state index is -0.139. The number of rotatable bonds is 2. The quantitative estimate of drug-likeness (QED) is 0.324. The molecule has 3 heterocycles. The molecule has 0 unspecified atom stereocenters. The first-order valence-electron chi connectivity index (χ1n) is 8.37. The van der Waals surface area contributed by atoms with Crippen molar-refractivity contribution < 1.29 is 25.6 Å². The molecule has 0 spiro atoms. The molecule has 0 saturated carbocycles. The van der Waals surface area contributed by atoms with Crippen LogP contribution in [0.15, 0.2) is 30.3 Å². The molecule has 0 atom stereocenters. The van der Waals surface area contributed by atoms with E-state index < -0.39 is 0 Å². The van der Waals surface area contributed by atoms with Crippen molar-refractivity contribution in [1.82, 2.24) is 15.0 Å². The van der Waals surface area contributed by atoms with E-state index in [1.165, 1.54) is 0 Å². The first-order chi connectivity index (χ1) is 12.4. The van der Waals surface area contributed by atoms with Gasteiger partial charge in [-0.3, -0.25) is 0 Å². The van der Waals surface area contributed by atoms with E-state index >= 15 is 0 Å². The van der Waals surface area contributed by atoms with Gasteiger partial charge in [0.15, 0.2) is 0 Å². The zero-order chi connectivity index (χ0) is 20.1. The molecule has 0 N–H and O–H groups in total. The largest absolute Gasteiger partial charge is 0.443 e. The summed E-state index contributed by atoms with van der Waals surface area (Å²) in [5, 5.41) is 0.445. The van der Waals surface area contributed by atoms with E-state index in [4.69, 9.17) is 20.4 Å². The SMILES string of the molecule is CC(C)(C)c1coc(-c2nc(-c3nc(C(C)(C)C)co3)c(Br)c(Cl)c2Br)n1.[Co]. The molecule has 0 bridgehead atoms. The Morgan fingerprint density at radius 1 is 0.750 bits per heavy atom. The topological polar surface area (TPSA) is 65.0 Å². The van der Waals surface area contributed by atoms with Crippen molar-refractivity contribution in [3.8, 4) is 23.2 Å². The molecule has 3 aromatic rings. The Hall–Kier alpha value is -0.674. The van der Waals surface area contributed by atoms with Crippen molar-refractivity contribution in [3.63, 3.8) is 0 Å². The van der Waals surface area contributed by atoms with Crippen molar-refractivity contribution in [2.45, 2.75) is 52.4 Å². The second-order valence-corrected chi connectivity index (χ2v) is 10.3. The van der Waals surface area contributed by atoms with Gasteiger partial charge in [-0.1, -0.05) is 53.1 Å². The van der Waals surface area contributed by atoms with Gasteiger partial charge in [-0.2, -0.15) is 0 Å². The minimum absolute atomic E-state index is 0. The average molecular weight is 577 g/mol. The van der Waals surface area contributed by atoms with Crippen LogP contribution in [0.25, 0.3) is 23.2 Å². The second-order valence-electron chi connectivity index (χ2n) is 8.33. The van der Waals surface area contributed by atoms with Gasteiger partial charge in [0.2, 0.25) is 11.8 Å². The summed E-state index contributed by atoms with van der Waals surface area (Å²) >= 11 is 13.5. The Morgan fingerprint density at radius 2 is 1.11 bits per heavy atom. The van der Waals surface area contributed by atoms with E-state index in [1.807, 2.05) is 0 Å². The molecule has 5 nitrogen and oxygen atoms in total. The summed E-state index contributed by atoms with van der Waals surface area (Å²) in [6, 6.07) is 0. The Bertz CT molecular complexity index is 927. The summed E-state index contributed by atoms with van der Waals surface area (Å²) < 4.78 is 12.5. The van der Waals surface area contributed by atoms with E-state index in [0.717, 1.165) is 11.4 Å². The first kappa shape index (κ1) is 23.6. The number of hydrogen-bond donors (Lipinski definition) is 0. The Kier molecular flexibility index (Phi) is 6.93. The van der Waals surface area contributed by atoms with Gasteiger partial charge in [-0.05, 0) is 31.9 Å². The van der Waals surface area contributed by atoms with Gasteiger partial charge < -0.3 is 8.83 Å². The summed E-state index contributed by atoms with van der Waals surface area (Å²) in [4.78, 5) is 13.8.